The van der Waals surface area contributed by atoms with Gasteiger partial charge >= 0.3 is 5.69 Å². The molecule has 0 aliphatic rings. The van der Waals surface area contributed by atoms with Crippen LogP contribution in [-0.2, 0) is 6.54 Å². The molecule has 6 heteroatoms. The Kier molecular flexibility index (Phi) is 4.67. The van der Waals surface area contributed by atoms with E-state index < -0.39 is 0 Å². The van der Waals surface area contributed by atoms with E-state index in [1.165, 1.54) is 0 Å². The fourth-order valence-corrected chi connectivity index (χ4v) is 2.43. The molecule has 0 aliphatic heterocycles. The molecular weight excluding hydrogens is 336 g/mol. The Labute approximate surface area is 131 Å². The van der Waals surface area contributed by atoms with Crippen LogP contribution in [-0.4, -0.2) is 23.8 Å². The van der Waals surface area contributed by atoms with Gasteiger partial charge < -0.3 is 9.47 Å². The summed E-state index contributed by atoms with van der Waals surface area (Å²) >= 11 is 3.46. The normalized spacial score (nSPS) is 10.5. The van der Waals surface area contributed by atoms with Crippen molar-refractivity contribution in [2.24, 2.45) is 0 Å². The second-order valence-corrected chi connectivity index (χ2v) is 5.45. The van der Waals surface area contributed by atoms with E-state index in [4.69, 9.17) is 9.47 Å². The zero-order valence-corrected chi connectivity index (χ0v) is 14.0. The lowest BCUT2D eigenvalue weighted by Crippen LogP contribution is -2.26. The number of nitrogens with zero attached hydrogens (tertiary/aromatic N) is 2. The van der Waals surface area contributed by atoms with Gasteiger partial charge in [-0.3, -0.25) is 4.57 Å². The van der Waals surface area contributed by atoms with E-state index >= 15 is 0 Å². The summed E-state index contributed by atoms with van der Waals surface area (Å²) in [5, 5.41) is 0. The van der Waals surface area contributed by atoms with Gasteiger partial charge in [0.05, 0.1) is 30.9 Å². The second-order valence-electron chi connectivity index (χ2n) is 4.65. The van der Waals surface area contributed by atoms with Gasteiger partial charge in [-0.05, 0) is 47.5 Å². The molecule has 0 N–H and O–H groups in total. The highest BCUT2D eigenvalue weighted by Crippen LogP contribution is 2.28. The van der Waals surface area contributed by atoms with Crippen LogP contribution in [0.25, 0.3) is 0 Å². The van der Waals surface area contributed by atoms with Crippen molar-refractivity contribution in [3.8, 4) is 11.5 Å². The molecule has 0 amide bonds. The van der Waals surface area contributed by atoms with Gasteiger partial charge in [0.25, 0.3) is 0 Å². The number of halogens is 1. The Morgan fingerprint density at radius 3 is 2.48 bits per heavy atom. The molecule has 0 fully saturated rings. The van der Waals surface area contributed by atoms with Crippen LogP contribution in [0.5, 0.6) is 11.5 Å². The van der Waals surface area contributed by atoms with Crippen LogP contribution >= 0.6 is 15.9 Å². The van der Waals surface area contributed by atoms with E-state index in [1.807, 2.05) is 25.1 Å². The average molecular weight is 353 g/mol. The number of aromatic nitrogens is 2. The summed E-state index contributed by atoms with van der Waals surface area (Å²) in [5.41, 5.74) is 2.22. The van der Waals surface area contributed by atoms with Crippen molar-refractivity contribution >= 4 is 15.9 Å². The van der Waals surface area contributed by atoms with Crippen LogP contribution in [0.3, 0.4) is 0 Å². The molecule has 0 saturated carbocycles. The van der Waals surface area contributed by atoms with Gasteiger partial charge in [0.2, 0.25) is 0 Å². The lowest BCUT2D eigenvalue weighted by atomic mass is 10.2. The monoisotopic (exact) mass is 352 g/mol. The molecule has 0 unspecified atom stereocenters. The molecule has 0 atom stereocenters. The molecule has 2 rings (SSSR count). The number of methoxy groups -OCH3 is 2. The van der Waals surface area contributed by atoms with Crippen LogP contribution in [0.15, 0.2) is 27.5 Å². The summed E-state index contributed by atoms with van der Waals surface area (Å²) in [6.45, 7) is 4.12. The zero-order valence-electron chi connectivity index (χ0n) is 12.4. The molecule has 5 nitrogen and oxygen atoms in total. The number of ether oxygens (including phenoxy) is 2. The molecule has 1 heterocycles. The third-order valence-corrected chi connectivity index (χ3v) is 4.47. The number of benzene rings is 1. The van der Waals surface area contributed by atoms with Crippen LogP contribution < -0.4 is 15.2 Å². The van der Waals surface area contributed by atoms with Gasteiger partial charge in [0.15, 0.2) is 11.5 Å². The maximum atomic E-state index is 12.1. The highest BCUT2D eigenvalue weighted by Gasteiger charge is 2.11. The first kappa shape index (κ1) is 15.6. The first-order valence-electron chi connectivity index (χ1n) is 6.42. The lowest BCUT2D eigenvalue weighted by Gasteiger charge is -2.14. The summed E-state index contributed by atoms with van der Waals surface area (Å²) in [6, 6.07) is 5.59. The molecule has 0 bridgehead atoms. The molecule has 2 aromatic rings. The first-order chi connectivity index (χ1) is 9.97. The maximum Gasteiger partial charge on any atom is 0.348 e. The van der Waals surface area contributed by atoms with E-state index in [0.29, 0.717) is 23.7 Å². The molecule has 1 aromatic heterocycles. The Hall–Kier alpha value is -1.82. The Morgan fingerprint density at radius 1 is 1.19 bits per heavy atom. The van der Waals surface area contributed by atoms with Gasteiger partial charge in [-0.1, -0.05) is 6.07 Å². The molecule has 0 spiro atoms. The topological polar surface area (TPSA) is 53.4 Å². The molecule has 1 aromatic carbocycles. The summed E-state index contributed by atoms with van der Waals surface area (Å²) in [5.74, 6) is 1.30. The minimum absolute atomic E-state index is 0.261. The number of hydrogen-bond donors (Lipinski definition) is 0. The fourth-order valence-electron chi connectivity index (χ4n) is 2.12. The highest BCUT2D eigenvalue weighted by molar-refractivity contribution is 9.10. The second kappa shape index (κ2) is 6.30. The Morgan fingerprint density at radius 2 is 1.86 bits per heavy atom. The van der Waals surface area contributed by atoms with Crippen LogP contribution in [0.4, 0.5) is 0 Å². The molecule has 112 valence electrons. The average Bonchev–Trinajstić information content (AvgIpc) is 2.49. The lowest BCUT2D eigenvalue weighted by molar-refractivity contribution is 0.354. The minimum atomic E-state index is -0.261. The third-order valence-electron chi connectivity index (χ3n) is 3.32. The molecule has 0 saturated heterocycles. The van der Waals surface area contributed by atoms with Crippen molar-refractivity contribution < 1.29 is 9.47 Å². The summed E-state index contributed by atoms with van der Waals surface area (Å²) in [7, 11) is 3.18. The zero-order chi connectivity index (χ0) is 15.6. The summed E-state index contributed by atoms with van der Waals surface area (Å²) in [4.78, 5) is 16.1. The molecular formula is C15H17BrN2O3. The number of aryl methyl sites for hydroxylation is 1. The predicted molar refractivity (Wildman–Crippen MR) is 84.3 cm³/mol. The third kappa shape index (κ3) is 3.10. The van der Waals surface area contributed by atoms with E-state index in [0.717, 1.165) is 15.7 Å². The van der Waals surface area contributed by atoms with E-state index in [9.17, 15) is 4.79 Å². The molecule has 21 heavy (non-hydrogen) atoms. The standard InChI is InChI=1S/C15H17BrN2O3/c1-9-14(16)10(2)18(15(19)17-9)8-11-5-6-12(20-3)13(7-11)21-4/h5-7H,8H2,1-4H3. The van der Waals surface area contributed by atoms with Crippen molar-refractivity contribution in [1.29, 1.82) is 0 Å². The van der Waals surface area contributed by atoms with Crippen molar-refractivity contribution in [3.05, 3.63) is 50.1 Å². The van der Waals surface area contributed by atoms with Crippen molar-refractivity contribution in [3.63, 3.8) is 0 Å². The van der Waals surface area contributed by atoms with E-state index in [-0.39, 0.29) is 5.69 Å². The van der Waals surface area contributed by atoms with Crippen LogP contribution in [0.1, 0.15) is 17.0 Å². The van der Waals surface area contributed by atoms with Gasteiger partial charge in [-0.15, -0.1) is 0 Å². The number of hydrogen-bond acceptors (Lipinski definition) is 4. The van der Waals surface area contributed by atoms with Gasteiger partial charge in [0, 0.05) is 5.69 Å². The van der Waals surface area contributed by atoms with Gasteiger partial charge in [-0.2, -0.15) is 4.98 Å². The van der Waals surface area contributed by atoms with Crippen molar-refractivity contribution in [2.75, 3.05) is 14.2 Å². The minimum Gasteiger partial charge on any atom is -0.493 e. The maximum absolute atomic E-state index is 12.1. The SMILES string of the molecule is COc1ccc(Cn2c(C)c(Br)c(C)nc2=O)cc1OC. The van der Waals surface area contributed by atoms with Gasteiger partial charge in [0.1, 0.15) is 0 Å². The molecule has 0 radical (unpaired) electrons. The highest BCUT2D eigenvalue weighted by atomic mass is 79.9. The summed E-state index contributed by atoms with van der Waals surface area (Å²) < 4.78 is 13.0. The first-order valence-corrected chi connectivity index (χ1v) is 7.21. The number of rotatable bonds is 4. The molecule has 0 aliphatic carbocycles. The van der Waals surface area contributed by atoms with Crippen molar-refractivity contribution in [2.45, 2.75) is 20.4 Å². The van der Waals surface area contributed by atoms with E-state index in [1.54, 1.807) is 25.7 Å². The predicted octanol–water partition coefficient (Wildman–Crippen LogP) is 2.69. The fraction of sp³-hybridized carbons (Fsp3) is 0.333. The Balaban J connectivity index is 2.44. The largest absolute Gasteiger partial charge is 0.493 e. The van der Waals surface area contributed by atoms with E-state index in [2.05, 4.69) is 20.9 Å². The van der Waals surface area contributed by atoms with Crippen LogP contribution in [0, 0.1) is 13.8 Å². The summed E-state index contributed by atoms with van der Waals surface area (Å²) in [6.07, 6.45) is 0. The van der Waals surface area contributed by atoms with Crippen LogP contribution in [0.2, 0.25) is 0 Å². The van der Waals surface area contributed by atoms with Gasteiger partial charge in [-0.25, -0.2) is 4.79 Å². The quantitative estimate of drug-likeness (QED) is 0.848. The van der Waals surface area contributed by atoms with Crippen molar-refractivity contribution in [1.82, 2.24) is 9.55 Å². The smallest absolute Gasteiger partial charge is 0.348 e. The Bertz CT molecular complexity index is 726.